The number of carbonyl (C=O) groups excluding carboxylic acids is 3. The van der Waals surface area contributed by atoms with E-state index in [-0.39, 0.29) is 11.1 Å². The highest BCUT2D eigenvalue weighted by molar-refractivity contribution is 6.21. The third-order valence-electron chi connectivity index (χ3n) is 4.00. The Morgan fingerprint density at radius 2 is 1.58 bits per heavy atom. The van der Waals surface area contributed by atoms with Crippen molar-refractivity contribution in [3.05, 3.63) is 65.2 Å². The molecule has 0 unspecified atom stereocenters. The van der Waals surface area contributed by atoms with E-state index in [2.05, 4.69) is 0 Å². The monoisotopic (exact) mass is 324 g/mol. The molecule has 2 aromatic rings. The second-order valence-electron chi connectivity index (χ2n) is 5.39. The number of hydrogen-bond acceptors (Lipinski definition) is 5. The van der Waals surface area contributed by atoms with Crippen molar-refractivity contribution >= 4 is 17.8 Å². The lowest BCUT2D eigenvalue weighted by molar-refractivity contribution is -0.306. The van der Waals surface area contributed by atoms with E-state index < -0.39 is 30.2 Å². The molecule has 1 aliphatic heterocycles. The van der Waals surface area contributed by atoms with Gasteiger partial charge in [-0.3, -0.25) is 14.5 Å². The highest BCUT2D eigenvalue weighted by Gasteiger charge is 2.40. The van der Waals surface area contributed by atoms with Crippen LogP contribution in [0.15, 0.2) is 48.5 Å². The van der Waals surface area contributed by atoms with Crippen molar-refractivity contribution in [3.63, 3.8) is 0 Å². The Hall–Kier alpha value is -3.15. The Morgan fingerprint density at radius 3 is 2.04 bits per heavy atom. The minimum Gasteiger partial charge on any atom is -0.550 e. The van der Waals surface area contributed by atoms with Gasteiger partial charge in [0.05, 0.1) is 24.3 Å². The largest absolute Gasteiger partial charge is 0.550 e. The topological polar surface area (TPSA) is 86.7 Å². The Labute approximate surface area is 138 Å². The molecule has 0 fully saturated rings. The molecule has 1 aliphatic rings. The normalized spacial score (nSPS) is 14.5. The van der Waals surface area contributed by atoms with Gasteiger partial charge in [-0.15, -0.1) is 0 Å². The van der Waals surface area contributed by atoms with Crippen molar-refractivity contribution in [2.45, 2.75) is 12.5 Å². The zero-order valence-electron chi connectivity index (χ0n) is 12.9. The fourth-order valence-electron chi connectivity index (χ4n) is 2.83. The first-order chi connectivity index (χ1) is 11.5. The van der Waals surface area contributed by atoms with Crippen LogP contribution in [0.3, 0.4) is 0 Å². The molecule has 122 valence electrons. The van der Waals surface area contributed by atoms with Gasteiger partial charge in [-0.2, -0.15) is 0 Å². The van der Waals surface area contributed by atoms with Crippen molar-refractivity contribution in [2.75, 3.05) is 7.11 Å². The number of nitrogens with zero attached hydrogens (tertiary/aromatic N) is 1. The van der Waals surface area contributed by atoms with E-state index in [0.29, 0.717) is 11.3 Å². The molecule has 0 bridgehead atoms. The molecule has 3 rings (SSSR count). The van der Waals surface area contributed by atoms with E-state index in [9.17, 15) is 19.5 Å². The number of carboxylic acid groups (broad SMARTS) is 1. The Bertz CT molecular complexity index is 777. The van der Waals surface area contributed by atoms with Crippen LogP contribution in [0.1, 0.15) is 38.7 Å². The van der Waals surface area contributed by atoms with Crippen LogP contribution >= 0.6 is 0 Å². The fraction of sp³-hybridized carbons (Fsp3) is 0.167. The smallest absolute Gasteiger partial charge is 0.262 e. The number of rotatable bonds is 5. The van der Waals surface area contributed by atoms with Gasteiger partial charge in [-0.05, 0) is 29.8 Å². The van der Waals surface area contributed by atoms with Crippen LogP contribution in [-0.2, 0) is 4.79 Å². The molecule has 0 aromatic heterocycles. The number of benzene rings is 2. The van der Waals surface area contributed by atoms with Crippen molar-refractivity contribution in [1.82, 2.24) is 4.90 Å². The molecule has 1 heterocycles. The summed E-state index contributed by atoms with van der Waals surface area (Å²) in [6.07, 6.45) is -0.474. The van der Waals surface area contributed by atoms with E-state index in [1.54, 1.807) is 48.5 Å². The van der Waals surface area contributed by atoms with Crippen LogP contribution in [-0.4, -0.2) is 29.8 Å². The van der Waals surface area contributed by atoms with Gasteiger partial charge in [-0.25, -0.2) is 0 Å². The summed E-state index contributed by atoms with van der Waals surface area (Å²) >= 11 is 0. The SMILES string of the molecule is COc1ccc([C@H](CC(=O)[O-])N2C(=O)c3ccccc3C2=O)cc1. The molecule has 24 heavy (non-hydrogen) atoms. The van der Waals surface area contributed by atoms with Gasteiger partial charge in [0.1, 0.15) is 5.75 Å². The van der Waals surface area contributed by atoms with E-state index in [1.165, 1.54) is 7.11 Å². The quantitative estimate of drug-likeness (QED) is 0.771. The van der Waals surface area contributed by atoms with Gasteiger partial charge < -0.3 is 14.6 Å². The van der Waals surface area contributed by atoms with Gasteiger partial charge in [-0.1, -0.05) is 24.3 Å². The predicted octanol–water partition coefficient (Wildman–Crippen LogP) is 1.17. The lowest BCUT2D eigenvalue weighted by Crippen LogP contribution is -2.38. The van der Waals surface area contributed by atoms with Gasteiger partial charge in [0.2, 0.25) is 0 Å². The van der Waals surface area contributed by atoms with E-state index in [0.717, 1.165) is 4.90 Å². The molecule has 2 amide bonds. The van der Waals surface area contributed by atoms with E-state index >= 15 is 0 Å². The van der Waals surface area contributed by atoms with Gasteiger partial charge in [0.15, 0.2) is 0 Å². The summed E-state index contributed by atoms with van der Waals surface area (Å²) in [5, 5.41) is 11.2. The van der Waals surface area contributed by atoms with Crippen LogP contribution in [0.5, 0.6) is 5.75 Å². The first kappa shape index (κ1) is 15.7. The van der Waals surface area contributed by atoms with Crippen LogP contribution in [0.25, 0.3) is 0 Å². The first-order valence-electron chi connectivity index (χ1n) is 7.33. The van der Waals surface area contributed by atoms with Gasteiger partial charge in [0.25, 0.3) is 11.8 Å². The van der Waals surface area contributed by atoms with Crippen LogP contribution in [0.2, 0.25) is 0 Å². The highest BCUT2D eigenvalue weighted by Crippen LogP contribution is 2.33. The Morgan fingerprint density at radius 1 is 1.04 bits per heavy atom. The average Bonchev–Trinajstić information content (AvgIpc) is 2.84. The highest BCUT2D eigenvalue weighted by atomic mass is 16.5. The molecule has 6 heteroatoms. The lowest BCUT2D eigenvalue weighted by Gasteiger charge is -2.27. The van der Waals surface area contributed by atoms with Crippen LogP contribution in [0.4, 0.5) is 0 Å². The summed E-state index contributed by atoms with van der Waals surface area (Å²) in [6.45, 7) is 0. The number of carboxylic acids is 1. The third kappa shape index (κ3) is 2.62. The standard InChI is InChI=1S/C18H15NO5/c1-24-12-8-6-11(7-9-12)15(10-16(20)21)19-17(22)13-4-2-3-5-14(13)18(19)23/h2-9,15H,10H2,1H3,(H,20,21)/p-1/t15-/m0/s1. The number of imide groups is 1. The third-order valence-corrected chi connectivity index (χ3v) is 4.00. The zero-order chi connectivity index (χ0) is 17.3. The minimum absolute atomic E-state index is 0.277. The number of methoxy groups -OCH3 is 1. The van der Waals surface area contributed by atoms with Gasteiger partial charge >= 0.3 is 0 Å². The summed E-state index contributed by atoms with van der Waals surface area (Å²) in [5.41, 5.74) is 1.08. The maximum absolute atomic E-state index is 12.6. The Kier molecular flexibility index (Phi) is 4.04. The number of amides is 2. The number of carbonyl (C=O) groups is 3. The van der Waals surface area contributed by atoms with Crippen molar-refractivity contribution in [1.29, 1.82) is 0 Å². The molecule has 1 atom stereocenters. The number of ether oxygens (including phenoxy) is 1. The summed E-state index contributed by atoms with van der Waals surface area (Å²) < 4.78 is 5.07. The minimum atomic E-state index is -1.34. The molecule has 0 saturated heterocycles. The molecular formula is C18H14NO5-. The van der Waals surface area contributed by atoms with Crippen molar-refractivity contribution < 1.29 is 24.2 Å². The second kappa shape index (κ2) is 6.16. The Balaban J connectivity index is 2.02. The van der Waals surface area contributed by atoms with Crippen molar-refractivity contribution in [2.24, 2.45) is 0 Å². The fourth-order valence-corrected chi connectivity index (χ4v) is 2.83. The number of aliphatic carboxylic acids is 1. The summed E-state index contributed by atoms with van der Waals surface area (Å²) in [6, 6.07) is 12.1. The lowest BCUT2D eigenvalue weighted by atomic mass is 10.0. The number of fused-ring (bicyclic) bond motifs is 1. The zero-order valence-corrected chi connectivity index (χ0v) is 12.9. The maximum atomic E-state index is 12.6. The number of hydrogen-bond donors (Lipinski definition) is 0. The van der Waals surface area contributed by atoms with E-state index in [4.69, 9.17) is 4.74 Å². The van der Waals surface area contributed by atoms with Crippen LogP contribution in [0, 0.1) is 0 Å². The summed E-state index contributed by atoms with van der Waals surface area (Å²) in [4.78, 5) is 37.3. The second-order valence-corrected chi connectivity index (χ2v) is 5.39. The molecule has 0 radical (unpaired) electrons. The summed E-state index contributed by atoms with van der Waals surface area (Å²) in [7, 11) is 1.51. The molecule has 2 aromatic carbocycles. The molecular weight excluding hydrogens is 310 g/mol. The molecule has 0 N–H and O–H groups in total. The van der Waals surface area contributed by atoms with Crippen LogP contribution < -0.4 is 9.84 Å². The average molecular weight is 324 g/mol. The maximum Gasteiger partial charge on any atom is 0.262 e. The van der Waals surface area contributed by atoms with Gasteiger partial charge in [0, 0.05) is 12.4 Å². The van der Waals surface area contributed by atoms with Crippen molar-refractivity contribution in [3.8, 4) is 5.75 Å². The molecule has 0 aliphatic carbocycles. The molecule has 6 nitrogen and oxygen atoms in total. The molecule has 0 spiro atoms. The first-order valence-corrected chi connectivity index (χ1v) is 7.33. The summed E-state index contributed by atoms with van der Waals surface area (Å²) in [5.74, 6) is -1.75. The molecule has 0 saturated carbocycles. The van der Waals surface area contributed by atoms with E-state index in [1.807, 2.05) is 0 Å². The predicted molar refractivity (Wildman–Crippen MR) is 82.3 cm³/mol.